The summed E-state index contributed by atoms with van der Waals surface area (Å²) in [5.74, 6) is 1.17. The predicted molar refractivity (Wildman–Crippen MR) is 119 cm³/mol. The van der Waals surface area contributed by atoms with Gasteiger partial charge in [0, 0.05) is 18.5 Å². The first-order valence-electron chi connectivity index (χ1n) is 9.72. The summed E-state index contributed by atoms with van der Waals surface area (Å²) in [6.07, 6.45) is 1.78. The van der Waals surface area contributed by atoms with Gasteiger partial charge in [-0.25, -0.2) is 8.42 Å². The fourth-order valence-electron chi connectivity index (χ4n) is 3.26. The van der Waals surface area contributed by atoms with Crippen molar-refractivity contribution >= 4 is 21.6 Å². The maximum atomic E-state index is 12.5. The molecule has 0 spiro atoms. The van der Waals surface area contributed by atoms with E-state index in [0.29, 0.717) is 23.6 Å². The molecule has 0 saturated carbocycles. The Morgan fingerprint density at radius 3 is 2.43 bits per heavy atom. The molecular formula is C22H30N2O5S. The maximum Gasteiger partial charge on any atom is 0.232 e. The largest absolute Gasteiger partial charge is 0.497 e. The van der Waals surface area contributed by atoms with Gasteiger partial charge < -0.3 is 14.8 Å². The number of para-hydroxylation sites is 1. The van der Waals surface area contributed by atoms with Gasteiger partial charge in [-0.05, 0) is 50.1 Å². The minimum atomic E-state index is -3.45. The minimum absolute atomic E-state index is 0.161. The lowest BCUT2D eigenvalue weighted by Crippen LogP contribution is -2.33. The zero-order chi connectivity index (χ0) is 22.3. The molecule has 0 aromatic heterocycles. The summed E-state index contributed by atoms with van der Waals surface area (Å²) in [4.78, 5) is 12.5. The van der Waals surface area contributed by atoms with Crippen LogP contribution in [-0.2, 0) is 14.8 Å². The Kier molecular flexibility index (Phi) is 8.11. The molecule has 2 aromatic carbocycles. The number of ether oxygens (including phenoxy) is 2. The minimum Gasteiger partial charge on any atom is -0.497 e. The van der Waals surface area contributed by atoms with Crippen LogP contribution >= 0.6 is 0 Å². The Bertz CT molecular complexity index is 975. The van der Waals surface area contributed by atoms with Gasteiger partial charge in [-0.3, -0.25) is 9.10 Å². The normalized spacial score (nSPS) is 12.2. The van der Waals surface area contributed by atoms with Crippen LogP contribution in [0.1, 0.15) is 36.9 Å². The van der Waals surface area contributed by atoms with E-state index in [1.54, 1.807) is 38.5 Å². The highest BCUT2D eigenvalue weighted by atomic mass is 32.2. The number of carbonyl (C=O) groups excluding carboxylic acids is 1. The smallest absolute Gasteiger partial charge is 0.232 e. The molecule has 1 N–H and O–H groups in total. The number of hydrogen-bond donors (Lipinski definition) is 1. The molecule has 0 aliphatic rings. The third-order valence-corrected chi connectivity index (χ3v) is 6.01. The SMILES string of the molecule is COc1ccc(OC)c([C@@H](C)NC(=O)CCCN(c2ccccc2C)S(C)(=O)=O)c1. The quantitative estimate of drug-likeness (QED) is 0.619. The van der Waals surface area contributed by atoms with E-state index < -0.39 is 10.0 Å². The van der Waals surface area contributed by atoms with Crippen LogP contribution in [0.15, 0.2) is 42.5 Å². The molecule has 0 fully saturated rings. The fraction of sp³-hybridized carbons (Fsp3) is 0.409. The van der Waals surface area contributed by atoms with Gasteiger partial charge in [-0.1, -0.05) is 18.2 Å². The van der Waals surface area contributed by atoms with Crippen molar-refractivity contribution in [1.29, 1.82) is 0 Å². The third-order valence-electron chi connectivity index (χ3n) is 4.83. The number of anilines is 1. The molecule has 0 bridgehead atoms. The van der Waals surface area contributed by atoms with Crippen molar-refractivity contribution in [3.05, 3.63) is 53.6 Å². The van der Waals surface area contributed by atoms with E-state index in [9.17, 15) is 13.2 Å². The Hall–Kier alpha value is -2.74. The Balaban J connectivity index is 2.01. The Labute approximate surface area is 179 Å². The predicted octanol–water partition coefficient (Wildman–Crippen LogP) is 3.44. The molecule has 0 unspecified atom stereocenters. The third kappa shape index (κ3) is 6.13. The molecule has 7 nitrogen and oxygen atoms in total. The Morgan fingerprint density at radius 1 is 1.13 bits per heavy atom. The number of aryl methyl sites for hydroxylation is 1. The number of nitrogens with zero attached hydrogens (tertiary/aromatic N) is 1. The lowest BCUT2D eigenvalue weighted by molar-refractivity contribution is -0.121. The number of sulfonamides is 1. The van der Waals surface area contributed by atoms with Crippen LogP contribution in [-0.4, -0.2) is 41.3 Å². The summed E-state index contributed by atoms with van der Waals surface area (Å²) >= 11 is 0. The second kappa shape index (κ2) is 10.3. The van der Waals surface area contributed by atoms with E-state index in [4.69, 9.17) is 9.47 Å². The second-order valence-corrected chi connectivity index (χ2v) is 9.03. The van der Waals surface area contributed by atoms with Crippen LogP contribution < -0.4 is 19.1 Å². The van der Waals surface area contributed by atoms with Crippen LogP contribution in [0.2, 0.25) is 0 Å². The standard InChI is InChI=1S/C22H30N2O5S/c1-16-9-6-7-10-20(16)24(30(5,26)27)14-8-11-22(25)23-17(2)19-15-18(28-3)12-13-21(19)29-4/h6-7,9-10,12-13,15,17H,8,11,14H2,1-5H3,(H,23,25)/t17-/m1/s1. The lowest BCUT2D eigenvalue weighted by atomic mass is 10.1. The van der Waals surface area contributed by atoms with Crippen molar-refractivity contribution in [2.45, 2.75) is 32.7 Å². The van der Waals surface area contributed by atoms with Crippen molar-refractivity contribution in [2.24, 2.45) is 0 Å². The average Bonchev–Trinajstić information content (AvgIpc) is 2.70. The topological polar surface area (TPSA) is 84.9 Å². The number of carbonyl (C=O) groups is 1. The summed E-state index contributed by atoms with van der Waals surface area (Å²) in [6, 6.07) is 12.4. The van der Waals surface area contributed by atoms with E-state index in [0.717, 1.165) is 11.1 Å². The number of rotatable bonds is 10. The monoisotopic (exact) mass is 434 g/mol. The molecule has 0 aliphatic carbocycles. The van der Waals surface area contributed by atoms with Crippen molar-refractivity contribution in [1.82, 2.24) is 5.32 Å². The molecule has 1 atom stereocenters. The number of amides is 1. The molecule has 0 saturated heterocycles. The molecule has 164 valence electrons. The fourth-order valence-corrected chi connectivity index (χ4v) is 4.28. The molecule has 0 aliphatic heterocycles. The number of nitrogens with one attached hydrogen (secondary N) is 1. The number of hydrogen-bond acceptors (Lipinski definition) is 5. The maximum absolute atomic E-state index is 12.5. The first kappa shape index (κ1) is 23.5. The second-order valence-electron chi connectivity index (χ2n) is 7.12. The summed E-state index contributed by atoms with van der Waals surface area (Å²) in [5, 5.41) is 2.94. The van der Waals surface area contributed by atoms with Crippen molar-refractivity contribution < 1.29 is 22.7 Å². The molecule has 1 amide bonds. The Morgan fingerprint density at radius 2 is 1.83 bits per heavy atom. The van der Waals surface area contributed by atoms with Crippen LogP contribution in [0.3, 0.4) is 0 Å². The number of methoxy groups -OCH3 is 2. The van der Waals surface area contributed by atoms with Crippen LogP contribution in [0.25, 0.3) is 0 Å². The highest BCUT2D eigenvalue weighted by Gasteiger charge is 2.20. The van der Waals surface area contributed by atoms with E-state index >= 15 is 0 Å². The van der Waals surface area contributed by atoms with Crippen molar-refractivity contribution in [3.63, 3.8) is 0 Å². The summed E-state index contributed by atoms with van der Waals surface area (Å²) in [6.45, 7) is 3.96. The van der Waals surface area contributed by atoms with Gasteiger partial charge in [0.1, 0.15) is 11.5 Å². The molecular weight excluding hydrogens is 404 g/mol. The van der Waals surface area contributed by atoms with Gasteiger partial charge in [-0.2, -0.15) is 0 Å². The van der Waals surface area contributed by atoms with E-state index in [1.165, 1.54) is 10.6 Å². The highest BCUT2D eigenvalue weighted by Crippen LogP contribution is 2.29. The zero-order valence-electron chi connectivity index (χ0n) is 18.1. The van der Waals surface area contributed by atoms with E-state index in [1.807, 2.05) is 32.0 Å². The summed E-state index contributed by atoms with van der Waals surface area (Å²) < 4.78 is 36.5. The number of benzene rings is 2. The average molecular weight is 435 g/mol. The van der Waals surface area contributed by atoms with Crippen molar-refractivity contribution in [2.75, 3.05) is 31.3 Å². The molecule has 0 heterocycles. The molecule has 0 radical (unpaired) electrons. The van der Waals surface area contributed by atoms with Gasteiger partial charge in [-0.15, -0.1) is 0 Å². The van der Waals surface area contributed by atoms with Gasteiger partial charge in [0.15, 0.2) is 0 Å². The summed E-state index contributed by atoms with van der Waals surface area (Å²) in [5.41, 5.74) is 2.31. The zero-order valence-corrected chi connectivity index (χ0v) is 19.0. The van der Waals surface area contributed by atoms with Gasteiger partial charge >= 0.3 is 0 Å². The van der Waals surface area contributed by atoms with Crippen LogP contribution in [0.4, 0.5) is 5.69 Å². The van der Waals surface area contributed by atoms with Crippen LogP contribution in [0.5, 0.6) is 11.5 Å². The lowest BCUT2D eigenvalue weighted by Gasteiger charge is -2.24. The molecule has 30 heavy (non-hydrogen) atoms. The van der Waals surface area contributed by atoms with Gasteiger partial charge in [0.25, 0.3) is 0 Å². The molecule has 8 heteroatoms. The highest BCUT2D eigenvalue weighted by molar-refractivity contribution is 7.92. The first-order chi connectivity index (χ1) is 14.2. The van der Waals surface area contributed by atoms with E-state index in [-0.39, 0.29) is 24.9 Å². The van der Waals surface area contributed by atoms with Crippen molar-refractivity contribution in [3.8, 4) is 11.5 Å². The first-order valence-corrected chi connectivity index (χ1v) is 11.6. The van der Waals surface area contributed by atoms with E-state index in [2.05, 4.69) is 5.32 Å². The summed E-state index contributed by atoms with van der Waals surface area (Å²) in [7, 11) is -0.295. The molecule has 2 rings (SSSR count). The van der Waals surface area contributed by atoms with Gasteiger partial charge in [0.2, 0.25) is 15.9 Å². The van der Waals surface area contributed by atoms with Crippen LogP contribution in [0, 0.1) is 6.92 Å². The molecule has 2 aromatic rings. The van der Waals surface area contributed by atoms with Gasteiger partial charge in [0.05, 0.1) is 32.2 Å².